The highest BCUT2D eigenvalue weighted by molar-refractivity contribution is 6.30. The maximum atomic E-state index is 10.5. The van der Waals surface area contributed by atoms with E-state index in [1.54, 1.807) is 30.3 Å². The fraction of sp³-hybridized carbons (Fsp3) is 0. The van der Waals surface area contributed by atoms with Gasteiger partial charge in [0.25, 0.3) is 0 Å². The Bertz CT molecular complexity index is 518. The molecule has 0 aliphatic rings. The summed E-state index contributed by atoms with van der Waals surface area (Å²) in [7, 11) is 0. The maximum Gasteiger partial charge on any atom is 0.153 e. The van der Waals surface area contributed by atoms with Crippen LogP contribution in [0.15, 0.2) is 42.5 Å². The Hall–Kier alpha value is -1.80. The van der Waals surface area contributed by atoms with Crippen LogP contribution >= 0.6 is 11.6 Å². The average molecular weight is 233 g/mol. The molecule has 0 aliphatic heterocycles. The molecule has 2 rings (SSSR count). The van der Waals surface area contributed by atoms with Gasteiger partial charge in [0.1, 0.15) is 5.75 Å². The molecule has 0 aromatic heterocycles. The number of carbonyl (C=O) groups excluding carboxylic acids is 1. The normalized spacial score (nSPS) is 10.1. The highest BCUT2D eigenvalue weighted by atomic mass is 35.5. The Labute approximate surface area is 98.1 Å². The molecule has 0 atom stereocenters. The fourth-order valence-electron chi connectivity index (χ4n) is 1.47. The van der Waals surface area contributed by atoms with E-state index in [4.69, 9.17) is 11.6 Å². The number of phenolic OH excluding ortho intramolecular Hbond substituents is 1. The van der Waals surface area contributed by atoms with E-state index in [2.05, 4.69) is 0 Å². The second-order valence-electron chi connectivity index (χ2n) is 3.40. The van der Waals surface area contributed by atoms with E-state index in [1.165, 1.54) is 0 Å². The zero-order valence-corrected chi connectivity index (χ0v) is 9.11. The van der Waals surface area contributed by atoms with Crippen LogP contribution in [0.3, 0.4) is 0 Å². The summed E-state index contributed by atoms with van der Waals surface area (Å²) >= 11 is 5.78. The largest absolute Gasteiger partial charge is 0.507 e. The molecule has 0 amide bonds. The first kappa shape index (κ1) is 10.7. The molecule has 2 nitrogen and oxygen atoms in total. The van der Waals surface area contributed by atoms with Crippen LogP contribution in [0.5, 0.6) is 5.75 Å². The third-order valence-corrected chi connectivity index (χ3v) is 2.59. The topological polar surface area (TPSA) is 37.3 Å². The molecule has 0 saturated carbocycles. The van der Waals surface area contributed by atoms with Crippen molar-refractivity contribution in [3.05, 3.63) is 53.1 Å². The van der Waals surface area contributed by atoms with Gasteiger partial charge in [-0.25, -0.2) is 0 Å². The molecule has 2 aromatic carbocycles. The Morgan fingerprint density at radius 1 is 1.00 bits per heavy atom. The number of aldehydes is 1. The van der Waals surface area contributed by atoms with Gasteiger partial charge in [0, 0.05) is 5.02 Å². The quantitative estimate of drug-likeness (QED) is 0.805. The SMILES string of the molecule is O=Cc1ccc(-c2ccc(Cl)cc2)cc1O. The van der Waals surface area contributed by atoms with Crippen LogP contribution in [0.1, 0.15) is 10.4 Å². The van der Waals surface area contributed by atoms with E-state index in [-0.39, 0.29) is 11.3 Å². The predicted molar refractivity (Wildman–Crippen MR) is 63.9 cm³/mol. The lowest BCUT2D eigenvalue weighted by Gasteiger charge is -2.04. The van der Waals surface area contributed by atoms with Gasteiger partial charge < -0.3 is 5.11 Å². The van der Waals surface area contributed by atoms with Crippen molar-refractivity contribution in [3.63, 3.8) is 0 Å². The third kappa shape index (κ3) is 2.07. The first-order valence-corrected chi connectivity index (χ1v) is 5.12. The number of halogens is 1. The minimum atomic E-state index is -0.0116. The van der Waals surface area contributed by atoms with Gasteiger partial charge in [-0.1, -0.05) is 29.8 Å². The minimum Gasteiger partial charge on any atom is -0.507 e. The third-order valence-electron chi connectivity index (χ3n) is 2.33. The van der Waals surface area contributed by atoms with Crippen molar-refractivity contribution >= 4 is 17.9 Å². The zero-order chi connectivity index (χ0) is 11.5. The molecule has 0 saturated heterocycles. The number of hydrogen-bond acceptors (Lipinski definition) is 2. The zero-order valence-electron chi connectivity index (χ0n) is 8.35. The van der Waals surface area contributed by atoms with Gasteiger partial charge in [-0.05, 0) is 35.4 Å². The molecule has 16 heavy (non-hydrogen) atoms. The van der Waals surface area contributed by atoms with Gasteiger partial charge in [0.15, 0.2) is 6.29 Å². The van der Waals surface area contributed by atoms with E-state index in [0.717, 1.165) is 11.1 Å². The highest BCUT2D eigenvalue weighted by Crippen LogP contribution is 2.26. The van der Waals surface area contributed by atoms with Crippen LogP contribution in [-0.4, -0.2) is 11.4 Å². The van der Waals surface area contributed by atoms with Gasteiger partial charge in [-0.15, -0.1) is 0 Å². The lowest BCUT2D eigenvalue weighted by molar-refractivity contribution is 0.112. The summed E-state index contributed by atoms with van der Waals surface area (Å²) in [5.74, 6) is -0.0116. The van der Waals surface area contributed by atoms with Crippen LogP contribution in [0.2, 0.25) is 5.02 Å². The van der Waals surface area contributed by atoms with Crippen molar-refractivity contribution in [1.82, 2.24) is 0 Å². The van der Waals surface area contributed by atoms with E-state index in [9.17, 15) is 9.90 Å². The Kier molecular flexibility index (Phi) is 2.93. The number of benzene rings is 2. The van der Waals surface area contributed by atoms with Crippen LogP contribution in [0.25, 0.3) is 11.1 Å². The molecule has 0 radical (unpaired) electrons. The Morgan fingerprint density at radius 2 is 1.62 bits per heavy atom. The summed E-state index contributed by atoms with van der Waals surface area (Å²) < 4.78 is 0. The van der Waals surface area contributed by atoms with Gasteiger partial charge >= 0.3 is 0 Å². The summed E-state index contributed by atoms with van der Waals surface area (Å²) in [6, 6.07) is 12.2. The summed E-state index contributed by atoms with van der Waals surface area (Å²) in [5.41, 5.74) is 2.08. The monoisotopic (exact) mass is 232 g/mol. The lowest BCUT2D eigenvalue weighted by Crippen LogP contribution is -1.83. The predicted octanol–water partition coefficient (Wildman–Crippen LogP) is 3.53. The summed E-state index contributed by atoms with van der Waals surface area (Å²) in [4.78, 5) is 10.5. The number of rotatable bonds is 2. The van der Waals surface area contributed by atoms with Crippen molar-refractivity contribution in [1.29, 1.82) is 0 Å². The molecule has 3 heteroatoms. The molecular formula is C13H9ClO2. The second kappa shape index (κ2) is 4.37. The van der Waals surface area contributed by atoms with E-state index < -0.39 is 0 Å². The molecule has 0 heterocycles. The first-order chi connectivity index (χ1) is 7.70. The van der Waals surface area contributed by atoms with Crippen molar-refractivity contribution in [2.75, 3.05) is 0 Å². The molecule has 0 bridgehead atoms. The van der Waals surface area contributed by atoms with E-state index in [1.807, 2.05) is 12.1 Å². The van der Waals surface area contributed by atoms with Crippen molar-refractivity contribution in [3.8, 4) is 16.9 Å². The van der Waals surface area contributed by atoms with Crippen molar-refractivity contribution in [2.45, 2.75) is 0 Å². The number of hydrogen-bond donors (Lipinski definition) is 1. The highest BCUT2D eigenvalue weighted by Gasteiger charge is 2.03. The smallest absolute Gasteiger partial charge is 0.153 e. The number of carbonyl (C=O) groups is 1. The van der Waals surface area contributed by atoms with Crippen molar-refractivity contribution < 1.29 is 9.90 Å². The average Bonchev–Trinajstić information content (AvgIpc) is 2.30. The van der Waals surface area contributed by atoms with Crippen LogP contribution in [0.4, 0.5) is 0 Å². The maximum absolute atomic E-state index is 10.5. The van der Waals surface area contributed by atoms with E-state index in [0.29, 0.717) is 11.3 Å². The molecule has 0 unspecified atom stereocenters. The van der Waals surface area contributed by atoms with Gasteiger partial charge in [0.05, 0.1) is 5.56 Å². The fourth-order valence-corrected chi connectivity index (χ4v) is 1.59. The van der Waals surface area contributed by atoms with Gasteiger partial charge in [-0.2, -0.15) is 0 Å². The summed E-state index contributed by atoms with van der Waals surface area (Å²) in [5, 5.41) is 10.2. The Morgan fingerprint density at radius 3 is 2.19 bits per heavy atom. The molecule has 80 valence electrons. The van der Waals surface area contributed by atoms with Crippen molar-refractivity contribution in [2.24, 2.45) is 0 Å². The number of aromatic hydroxyl groups is 1. The lowest BCUT2D eigenvalue weighted by atomic mass is 10.0. The van der Waals surface area contributed by atoms with Crippen LogP contribution < -0.4 is 0 Å². The second-order valence-corrected chi connectivity index (χ2v) is 3.83. The standard InChI is InChI=1S/C13H9ClO2/c14-12-5-3-9(4-6-12)10-1-2-11(8-15)13(16)7-10/h1-8,16H. The molecule has 0 aliphatic carbocycles. The first-order valence-electron chi connectivity index (χ1n) is 4.75. The molecule has 0 spiro atoms. The molecular weight excluding hydrogens is 224 g/mol. The van der Waals surface area contributed by atoms with Crippen LogP contribution in [-0.2, 0) is 0 Å². The number of phenols is 1. The van der Waals surface area contributed by atoms with Gasteiger partial charge in [-0.3, -0.25) is 4.79 Å². The summed E-state index contributed by atoms with van der Waals surface area (Å²) in [6.07, 6.45) is 0.626. The Balaban J connectivity index is 2.45. The van der Waals surface area contributed by atoms with Crippen LogP contribution in [0, 0.1) is 0 Å². The molecule has 1 N–H and O–H groups in total. The minimum absolute atomic E-state index is 0.0116. The van der Waals surface area contributed by atoms with Gasteiger partial charge in [0.2, 0.25) is 0 Å². The van der Waals surface area contributed by atoms with E-state index >= 15 is 0 Å². The summed E-state index contributed by atoms with van der Waals surface area (Å²) in [6.45, 7) is 0. The molecule has 0 fully saturated rings. The molecule has 2 aromatic rings.